The molecule has 29 heavy (non-hydrogen) atoms. The van der Waals surface area contributed by atoms with E-state index in [1.54, 1.807) is 0 Å². The quantitative estimate of drug-likeness (QED) is 0.425. The summed E-state index contributed by atoms with van der Waals surface area (Å²) >= 11 is 0. The van der Waals surface area contributed by atoms with Crippen molar-refractivity contribution in [1.29, 1.82) is 0 Å². The van der Waals surface area contributed by atoms with Gasteiger partial charge in [-0.1, -0.05) is 60.7 Å². The highest BCUT2D eigenvalue weighted by molar-refractivity contribution is 5.92. The van der Waals surface area contributed by atoms with Crippen LogP contribution in [0.4, 0.5) is 11.6 Å². The maximum absolute atomic E-state index is 6.19. The monoisotopic (exact) mass is 385 g/mol. The molecule has 5 rings (SSSR count). The van der Waals surface area contributed by atoms with E-state index in [1.165, 1.54) is 27.2 Å². The zero-order valence-electron chi connectivity index (χ0n) is 16.3. The average Bonchev–Trinajstić information content (AvgIpc) is 3.14. The SMILES string of the molecule is Nc1[nH]nc2nc(NCc3ccccc3)c3c(c12)CC[NH+](Cc1ccccc1)C3. The number of H-pyrrole nitrogens is 1. The second-order valence-electron chi connectivity index (χ2n) is 7.68. The van der Waals surface area contributed by atoms with E-state index in [0.29, 0.717) is 11.5 Å². The molecule has 1 unspecified atom stereocenters. The van der Waals surface area contributed by atoms with Crippen LogP contribution >= 0.6 is 0 Å². The van der Waals surface area contributed by atoms with E-state index < -0.39 is 0 Å². The van der Waals surface area contributed by atoms with Crippen LogP contribution in [0.25, 0.3) is 11.0 Å². The lowest BCUT2D eigenvalue weighted by molar-refractivity contribution is -0.929. The standard InChI is InChI=1S/C23H24N6/c24-21-20-18-11-12-29(14-17-9-5-2-6-10-17)15-19(18)22(26-23(20)28-27-21)25-13-16-7-3-1-4-8-16/h1-10H,11-15H2,(H4,24,25,26,27,28)/p+1. The fraction of sp³-hybridized carbons (Fsp3) is 0.217. The molecule has 0 saturated heterocycles. The third kappa shape index (κ3) is 3.54. The fourth-order valence-electron chi connectivity index (χ4n) is 4.26. The first kappa shape index (κ1) is 17.7. The van der Waals surface area contributed by atoms with Gasteiger partial charge in [-0.3, -0.25) is 5.10 Å². The molecule has 3 heterocycles. The molecule has 1 aliphatic heterocycles. The number of aromatic amines is 1. The van der Waals surface area contributed by atoms with E-state index in [2.05, 4.69) is 70.1 Å². The van der Waals surface area contributed by atoms with E-state index in [0.717, 1.165) is 43.8 Å². The summed E-state index contributed by atoms with van der Waals surface area (Å²) in [5, 5.41) is 11.8. The number of nitrogen functional groups attached to an aromatic ring is 1. The van der Waals surface area contributed by atoms with Gasteiger partial charge in [0.15, 0.2) is 5.65 Å². The van der Waals surface area contributed by atoms with Gasteiger partial charge in [0.1, 0.15) is 24.7 Å². The van der Waals surface area contributed by atoms with Gasteiger partial charge < -0.3 is 16.0 Å². The zero-order chi connectivity index (χ0) is 19.6. The Bertz CT molecular complexity index is 1120. The molecule has 0 spiro atoms. The van der Waals surface area contributed by atoms with Gasteiger partial charge >= 0.3 is 0 Å². The number of rotatable bonds is 5. The smallest absolute Gasteiger partial charge is 0.185 e. The highest BCUT2D eigenvalue weighted by Crippen LogP contribution is 2.30. The minimum absolute atomic E-state index is 0.616. The third-order valence-electron chi connectivity index (χ3n) is 5.70. The molecule has 0 saturated carbocycles. The predicted octanol–water partition coefficient (Wildman–Crippen LogP) is 2.29. The molecule has 2 aromatic carbocycles. The van der Waals surface area contributed by atoms with E-state index in [9.17, 15) is 0 Å². The Kier molecular flexibility index (Phi) is 4.62. The Morgan fingerprint density at radius 3 is 2.45 bits per heavy atom. The van der Waals surface area contributed by atoms with Crippen LogP contribution in [0.15, 0.2) is 60.7 Å². The zero-order valence-corrected chi connectivity index (χ0v) is 16.3. The van der Waals surface area contributed by atoms with Gasteiger partial charge in [-0.2, -0.15) is 5.10 Å². The van der Waals surface area contributed by atoms with Crippen molar-refractivity contribution in [1.82, 2.24) is 15.2 Å². The molecule has 6 heteroatoms. The molecule has 0 radical (unpaired) electrons. The second kappa shape index (κ2) is 7.56. The van der Waals surface area contributed by atoms with Crippen LogP contribution in [0.2, 0.25) is 0 Å². The molecule has 1 aliphatic rings. The first-order valence-electron chi connectivity index (χ1n) is 10.1. The van der Waals surface area contributed by atoms with E-state index in [4.69, 9.17) is 10.7 Å². The lowest BCUT2D eigenvalue weighted by Gasteiger charge is -2.28. The molecule has 6 nitrogen and oxygen atoms in total. The van der Waals surface area contributed by atoms with Crippen LogP contribution in [0.3, 0.4) is 0 Å². The van der Waals surface area contributed by atoms with Crippen molar-refractivity contribution in [3.05, 3.63) is 82.9 Å². The predicted molar refractivity (Wildman–Crippen MR) is 115 cm³/mol. The number of nitrogens with one attached hydrogen (secondary N) is 3. The van der Waals surface area contributed by atoms with Gasteiger partial charge in [-0.25, -0.2) is 4.98 Å². The lowest BCUT2D eigenvalue weighted by Crippen LogP contribution is -3.10. The van der Waals surface area contributed by atoms with E-state index in [-0.39, 0.29) is 0 Å². The van der Waals surface area contributed by atoms with Crippen LogP contribution in [0.5, 0.6) is 0 Å². The van der Waals surface area contributed by atoms with Crippen molar-refractivity contribution >= 4 is 22.7 Å². The van der Waals surface area contributed by atoms with Gasteiger partial charge in [0, 0.05) is 18.5 Å². The summed E-state index contributed by atoms with van der Waals surface area (Å²) in [6, 6.07) is 21.1. The summed E-state index contributed by atoms with van der Waals surface area (Å²) in [4.78, 5) is 6.36. The highest BCUT2D eigenvalue weighted by Gasteiger charge is 2.27. The Labute approximate surface area is 169 Å². The van der Waals surface area contributed by atoms with Crippen molar-refractivity contribution < 1.29 is 4.90 Å². The van der Waals surface area contributed by atoms with Crippen LogP contribution in [-0.2, 0) is 26.1 Å². The van der Waals surface area contributed by atoms with Crippen molar-refractivity contribution in [2.45, 2.75) is 26.1 Å². The molecule has 0 amide bonds. The van der Waals surface area contributed by atoms with Gasteiger partial charge in [-0.05, 0) is 11.1 Å². The van der Waals surface area contributed by atoms with Crippen molar-refractivity contribution in [2.75, 3.05) is 17.6 Å². The molecule has 4 aromatic rings. The fourth-order valence-corrected chi connectivity index (χ4v) is 4.26. The molecule has 2 aromatic heterocycles. The molecule has 0 bridgehead atoms. The van der Waals surface area contributed by atoms with Crippen LogP contribution in [0, 0.1) is 0 Å². The molecule has 146 valence electrons. The molecular formula is C23H25N6+. The number of benzene rings is 2. The highest BCUT2D eigenvalue weighted by atomic mass is 15.2. The van der Waals surface area contributed by atoms with Gasteiger partial charge in [0.05, 0.1) is 17.5 Å². The third-order valence-corrected chi connectivity index (χ3v) is 5.70. The maximum atomic E-state index is 6.19. The number of fused-ring (bicyclic) bond motifs is 3. The summed E-state index contributed by atoms with van der Waals surface area (Å²) in [7, 11) is 0. The van der Waals surface area contributed by atoms with Crippen LogP contribution in [0.1, 0.15) is 22.3 Å². The summed E-state index contributed by atoms with van der Waals surface area (Å²) in [6.45, 7) is 3.75. The van der Waals surface area contributed by atoms with Crippen molar-refractivity contribution in [3.63, 3.8) is 0 Å². The van der Waals surface area contributed by atoms with Gasteiger partial charge in [-0.15, -0.1) is 0 Å². The molecule has 5 N–H and O–H groups in total. The number of hydrogen-bond acceptors (Lipinski definition) is 4. The van der Waals surface area contributed by atoms with Crippen LogP contribution in [-0.4, -0.2) is 21.7 Å². The first-order valence-corrected chi connectivity index (χ1v) is 10.1. The average molecular weight is 385 g/mol. The Morgan fingerprint density at radius 2 is 1.69 bits per heavy atom. The Morgan fingerprint density at radius 1 is 0.966 bits per heavy atom. The van der Waals surface area contributed by atoms with E-state index >= 15 is 0 Å². The summed E-state index contributed by atoms with van der Waals surface area (Å²) in [5.74, 6) is 1.54. The normalized spacial score (nSPS) is 15.9. The molecule has 0 fully saturated rings. The van der Waals surface area contributed by atoms with Gasteiger partial charge in [0.2, 0.25) is 0 Å². The number of nitrogens with zero attached hydrogens (tertiary/aromatic N) is 2. The second-order valence-corrected chi connectivity index (χ2v) is 7.68. The number of anilines is 2. The summed E-state index contributed by atoms with van der Waals surface area (Å²) in [6.07, 6.45) is 0.972. The van der Waals surface area contributed by atoms with Crippen molar-refractivity contribution in [3.8, 4) is 0 Å². The summed E-state index contributed by atoms with van der Waals surface area (Å²) in [5.41, 5.74) is 12.0. The number of quaternary nitrogens is 1. The number of pyridine rings is 1. The Hall–Kier alpha value is -3.38. The minimum Gasteiger partial charge on any atom is -0.384 e. The lowest BCUT2D eigenvalue weighted by atomic mass is 9.97. The Balaban J connectivity index is 1.47. The topological polar surface area (TPSA) is 84.1 Å². The maximum Gasteiger partial charge on any atom is 0.185 e. The minimum atomic E-state index is 0.616. The number of aromatic nitrogens is 3. The van der Waals surface area contributed by atoms with E-state index in [1.807, 2.05) is 6.07 Å². The van der Waals surface area contributed by atoms with Crippen molar-refractivity contribution in [2.24, 2.45) is 0 Å². The van der Waals surface area contributed by atoms with Crippen LogP contribution < -0.4 is 16.0 Å². The van der Waals surface area contributed by atoms with Gasteiger partial charge in [0.25, 0.3) is 0 Å². The molecular weight excluding hydrogens is 360 g/mol. The number of nitrogens with two attached hydrogens (primary N) is 1. The first-order chi connectivity index (χ1) is 14.3. The largest absolute Gasteiger partial charge is 0.384 e. The number of hydrogen-bond donors (Lipinski definition) is 4. The molecule has 1 atom stereocenters. The summed E-state index contributed by atoms with van der Waals surface area (Å²) < 4.78 is 0. The molecule has 0 aliphatic carbocycles.